The second kappa shape index (κ2) is 7.99. The van der Waals surface area contributed by atoms with Crippen molar-refractivity contribution in [2.45, 2.75) is 6.54 Å². The fourth-order valence-corrected chi connectivity index (χ4v) is 2.55. The fraction of sp³-hybridized carbons (Fsp3) is 0.176. The first-order valence-corrected chi connectivity index (χ1v) is 7.62. The summed E-state index contributed by atoms with van der Waals surface area (Å²) in [5, 5.41) is 0.680. The fourth-order valence-electron chi connectivity index (χ4n) is 2.06. The molecule has 0 aromatic heterocycles. The van der Waals surface area contributed by atoms with E-state index in [9.17, 15) is 9.59 Å². The standard InChI is InChI=1S/C17H15Cl2NO3/c1-23-16(21)11-20(10-12-5-3-2-4-6-12)17(22)14-8-7-13(18)9-15(14)19/h2-9H,10-11H2,1H3. The lowest BCUT2D eigenvalue weighted by Crippen LogP contribution is -2.35. The van der Waals surface area contributed by atoms with Crippen molar-refractivity contribution in [2.75, 3.05) is 13.7 Å². The van der Waals surface area contributed by atoms with Gasteiger partial charge in [-0.25, -0.2) is 0 Å². The Morgan fingerprint density at radius 2 is 1.78 bits per heavy atom. The van der Waals surface area contributed by atoms with Crippen LogP contribution < -0.4 is 0 Å². The molecule has 23 heavy (non-hydrogen) atoms. The topological polar surface area (TPSA) is 46.6 Å². The summed E-state index contributed by atoms with van der Waals surface area (Å²) in [5.74, 6) is -0.861. The number of carbonyl (C=O) groups excluding carboxylic acids is 2. The quantitative estimate of drug-likeness (QED) is 0.769. The van der Waals surface area contributed by atoms with E-state index >= 15 is 0 Å². The lowest BCUT2D eigenvalue weighted by atomic mass is 10.1. The molecule has 120 valence electrons. The van der Waals surface area contributed by atoms with E-state index in [4.69, 9.17) is 23.2 Å². The molecule has 0 bridgehead atoms. The van der Waals surface area contributed by atoms with Gasteiger partial charge in [0.2, 0.25) is 0 Å². The summed E-state index contributed by atoms with van der Waals surface area (Å²) in [5.41, 5.74) is 1.19. The van der Waals surface area contributed by atoms with Crippen LogP contribution in [0.25, 0.3) is 0 Å². The van der Waals surface area contributed by atoms with Crippen LogP contribution in [0.5, 0.6) is 0 Å². The number of amides is 1. The molecule has 2 rings (SSSR count). The Bertz CT molecular complexity index is 704. The van der Waals surface area contributed by atoms with Crippen LogP contribution in [0.4, 0.5) is 0 Å². The largest absolute Gasteiger partial charge is 0.468 e. The zero-order chi connectivity index (χ0) is 16.8. The minimum atomic E-state index is -0.501. The van der Waals surface area contributed by atoms with Crippen LogP contribution in [-0.2, 0) is 16.1 Å². The lowest BCUT2D eigenvalue weighted by molar-refractivity contribution is -0.141. The molecule has 0 saturated heterocycles. The number of halogens is 2. The van der Waals surface area contributed by atoms with Gasteiger partial charge in [0.25, 0.3) is 5.91 Å². The van der Waals surface area contributed by atoms with E-state index in [1.807, 2.05) is 30.3 Å². The van der Waals surface area contributed by atoms with E-state index in [1.165, 1.54) is 18.1 Å². The molecule has 4 nitrogen and oxygen atoms in total. The van der Waals surface area contributed by atoms with Gasteiger partial charge in [0.15, 0.2) is 0 Å². The Morgan fingerprint density at radius 3 is 2.39 bits per heavy atom. The van der Waals surface area contributed by atoms with Gasteiger partial charge in [-0.1, -0.05) is 53.5 Å². The van der Waals surface area contributed by atoms with Crippen LogP contribution in [0.1, 0.15) is 15.9 Å². The predicted molar refractivity (Wildman–Crippen MR) is 89.7 cm³/mol. The average molecular weight is 352 g/mol. The molecular weight excluding hydrogens is 337 g/mol. The Morgan fingerprint density at radius 1 is 1.09 bits per heavy atom. The van der Waals surface area contributed by atoms with E-state index in [0.29, 0.717) is 5.02 Å². The summed E-state index contributed by atoms with van der Waals surface area (Å²) in [6, 6.07) is 14.0. The zero-order valence-electron chi connectivity index (χ0n) is 12.5. The minimum Gasteiger partial charge on any atom is -0.468 e. The number of hydrogen-bond acceptors (Lipinski definition) is 3. The van der Waals surface area contributed by atoms with E-state index in [2.05, 4.69) is 4.74 Å². The molecule has 0 N–H and O–H groups in total. The van der Waals surface area contributed by atoms with Crippen molar-refractivity contribution in [3.63, 3.8) is 0 Å². The SMILES string of the molecule is COC(=O)CN(Cc1ccccc1)C(=O)c1ccc(Cl)cc1Cl. The Kier molecular flexibility index (Phi) is 6.02. The van der Waals surface area contributed by atoms with Crippen molar-refractivity contribution in [1.29, 1.82) is 0 Å². The highest BCUT2D eigenvalue weighted by atomic mass is 35.5. The van der Waals surface area contributed by atoms with Gasteiger partial charge in [-0.2, -0.15) is 0 Å². The van der Waals surface area contributed by atoms with Gasteiger partial charge >= 0.3 is 5.97 Å². The van der Waals surface area contributed by atoms with E-state index < -0.39 is 5.97 Å². The molecule has 0 aliphatic rings. The van der Waals surface area contributed by atoms with E-state index in [-0.39, 0.29) is 29.6 Å². The maximum atomic E-state index is 12.7. The van der Waals surface area contributed by atoms with Crippen molar-refractivity contribution in [3.05, 3.63) is 69.7 Å². The van der Waals surface area contributed by atoms with E-state index in [0.717, 1.165) is 5.56 Å². The molecule has 2 aromatic rings. The Balaban J connectivity index is 2.28. The summed E-state index contributed by atoms with van der Waals surface area (Å²) in [6.07, 6.45) is 0. The lowest BCUT2D eigenvalue weighted by Gasteiger charge is -2.22. The molecule has 6 heteroatoms. The highest BCUT2D eigenvalue weighted by Gasteiger charge is 2.21. The van der Waals surface area contributed by atoms with Gasteiger partial charge < -0.3 is 9.64 Å². The summed E-state index contributed by atoms with van der Waals surface area (Å²) in [4.78, 5) is 25.7. The molecule has 2 aromatic carbocycles. The second-order valence-corrected chi connectivity index (χ2v) is 5.69. The first kappa shape index (κ1) is 17.3. The van der Waals surface area contributed by atoms with E-state index in [1.54, 1.807) is 12.1 Å². The van der Waals surface area contributed by atoms with Crippen molar-refractivity contribution >= 4 is 35.1 Å². The number of carbonyl (C=O) groups is 2. The summed E-state index contributed by atoms with van der Waals surface area (Å²) >= 11 is 11.9. The van der Waals surface area contributed by atoms with Crippen LogP contribution in [-0.4, -0.2) is 30.4 Å². The normalized spacial score (nSPS) is 10.2. The number of methoxy groups -OCH3 is 1. The first-order chi connectivity index (χ1) is 11.0. The number of rotatable bonds is 5. The maximum absolute atomic E-state index is 12.7. The minimum absolute atomic E-state index is 0.164. The smallest absolute Gasteiger partial charge is 0.325 e. The molecule has 0 aliphatic heterocycles. The number of benzene rings is 2. The van der Waals surface area contributed by atoms with Gasteiger partial charge in [0.05, 0.1) is 17.7 Å². The molecule has 0 spiro atoms. The Hall–Kier alpha value is -2.04. The number of ether oxygens (including phenoxy) is 1. The Labute approximate surface area is 144 Å². The third-order valence-corrected chi connectivity index (χ3v) is 3.76. The molecule has 0 fully saturated rings. The summed E-state index contributed by atoms with van der Waals surface area (Å²) in [7, 11) is 1.28. The van der Waals surface area contributed by atoms with Crippen molar-refractivity contribution in [3.8, 4) is 0 Å². The predicted octanol–water partition coefficient (Wildman–Crippen LogP) is 3.81. The molecule has 0 saturated carbocycles. The van der Waals surface area contributed by atoms with Gasteiger partial charge in [0.1, 0.15) is 6.54 Å². The van der Waals surface area contributed by atoms with Crippen molar-refractivity contribution in [2.24, 2.45) is 0 Å². The summed E-state index contributed by atoms with van der Waals surface area (Å²) in [6.45, 7) is 0.108. The molecule has 1 amide bonds. The number of esters is 1. The first-order valence-electron chi connectivity index (χ1n) is 6.86. The molecular formula is C17H15Cl2NO3. The monoisotopic (exact) mass is 351 g/mol. The molecule has 0 unspecified atom stereocenters. The number of nitrogens with zero attached hydrogens (tertiary/aromatic N) is 1. The zero-order valence-corrected chi connectivity index (χ0v) is 14.0. The van der Waals surface area contributed by atoms with Crippen molar-refractivity contribution < 1.29 is 14.3 Å². The van der Waals surface area contributed by atoms with Crippen LogP contribution in [0.2, 0.25) is 10.0 Å². The third-order valence-electron chi connectivity index (χ3n) is 3.21. The third kappa shape index (κ3) is 4.71. The van der Waals surface area contributed by atoms with Crippen LogP contribution in [0.15, 0.2) is 48.5 Å². The number of hydrogen-bond donors (Lipinski definition) is 0. The van der Waals surface area contributed by atoms with Gasteiger partial charge in [0, 0.05) is 11.6 Å². The second-order valence-electron chi connectivity index (χ2n) is 4.85. The van der Waals surface area contributed by atoms with Crippen LogP contribution >= 0.6 is 23.2 Å². The van der Waals surface area contributed by atoms with Crippen molar-refractivity contribution in [1.82, 2.24) is 4.90 Å². The molecule has 0 heterocycles. The maximum Gasteiger partial charge on any atom is 0.325 e. The highest BCUT2D eigenvalue weighted by molar-refractivity contribution is 6.36. The van der Waals surface area contributed by atoms with Crippen LogP contribution in [0.3, 0.4) is 0 Å². The molecule has 0 aliphatic carbocycles. The summed E-state index contributed by atoms with van der Waals surface area (Å²) < 4.78 is 4.67. The van der Waals surface area contributed by atoms with Crippen LogP contribution in [0, 0.1) is 0 Å². The highest BCUT2D eigenvalue weighted by Crippen LogP contribution is 2.23. The average Bonchev–Trinajstić information content (AvgIpc) is 2.54. The van der Waals surface area contributed by atoms with Gasteiger partial charge in [-0.3, -0.25) is 9.59 Å². The van der Waals surface area contributed by atoms with Gasteiger partial charge in [-0.05, 0) is 23.8 Å². The molecule has 0 atom stereocenters. The van der Waals surface area contributed by atoms with Gasteiger partial charge in [-0.15, -0.1) is 0 Å². The molecule has 0 radical (unpaired) electrons.